The van der Waals surface area contributed by atoms with E-state index in [9.17, 15) is 4.79 Å². The number of hydrogen-bond donors (Lipinski definition) is 1. The maximum atomic E-state index is 12.8. The zero-order valence-electron chi connectivity index (χ0n) is 13.4. The third-order valence-electron chi connectivity index (χ3n) is 5.08. The summed E-state index contributed by atoms with van der Waals surface area (Å²) in [5, 5.41) is 3.58. The van der Waals surface area contributed by atoms with E-state index >= 15 is 0 Å². The molecule has 2 fully saturated rings. The van der Waals surface area contributed by atoms with Crippen LogP contribution in [0.15, 0.2) is 0 Å². The summed E-state index contributed by atoms with van der Waals surface area (Å²) in [4.78, 5) is 15.0. The normalized spacial score (nSPS) is 35.8. The van der Waals surface area contributed by atoms with Crippen LogP contribution >= 0.6 is 0 Å². The quantitative estimate of drug-likeness (QED) is 0.814. The van der Waals surface area contributed by atoms with Crippen molar-refractivity contribution < 1.29 is 9.53 Å². The van der Waals surface area contributed by atoms with Crippen molar-refractivity contribution in [2.75, 3.05) is 7.11 Å². The Kier molecular flexibility index (Phi) is 5.44. The molecule has 116 valence electrons. The topological polar surface area (TPSA) is 41.6 Å². The van der Waals surface area contributed by atoms with Crippen molar-refractivity contribution in [1.29, 1.82) is 0 Å². The molecule has 1 aliphatic carbocycles. The van der Waals surface area contributed by atoms with Gasteiger partial charge in [0, 0.05) is 7.11 Å². The van der Waals surface area contributed by atoms with Gasteiger partial charge in [-0.1, -0.05) is 33.6 Å². The SMILES string of the molecule is CCCC1NC(C(C)CC)C(=O)N1C1CCCC1OC. The Morgan fingerprint density at radius 3 is 2.75 bits per heavy atom. The fraction of sp³-hybridized carbons (Fsp3) is 0.938. The summed E-state index contributed by atoms with van der Waals surface area (Å²) < 4.78 is 5.61. The van der Waals surface area contributed by atoms with Gasteiger partial charge in [0.1, 0.15) is 0 Å². The van der Waals surface area contributed by atoms with Crippen molar-refractivity contribution in [2.24, 2.45) is 5.92 Å². The molecule has 4 nitrogen and oxygen atoms in total. The number of methoxy groups -OCH3 is 1. The predicted octanol–water partition coefficient (Wildman–Crippen LogP) is 2.53. The van der Waals surface area contributed by atoms with Gasteiger partial charge in [0.15, 0.2) is 0 Å². The van der Waals surface area contributed by atoms with Gasteiger partial charge >= 0.3 is 0 Å². The van der Waals surface area contributed by atoms with Crippen LogP contribution in [0.25, 0.3) is 0 Å². The molecular formula is C16H30N2O2. The van der Waals surface area contributed by atoms with Crippen LogP contribution in [0.5, 0.6) is 0 Å². The van der Waals surface area contributed by atoms with Gasteiger partial charge in [-0.15, -0.1) is 0 Å². The molecule has 5 unspecified atom stereocenters. The summed E-state index contributed by atoms with van der Waals surface area (Å²) in [5.74, 6) is 0.695. The number of hydrogen-bond acceptors (Lipinski definition) is 3. The van der Waals surface area contributed by atoms with Crippen molar-refractivity contribution in [3.63, 3.8) is 0 Å². The summed E-state index contributed by atoms with van der Waals surface area (Å²) in [5.41, 5.74) is 0. The van der Waals surface area contributed by atoms with Crippen LogP contribution in [0.4, 0.5) is 0 Å². The Labute approximate surface area is 123 Å². The van der Waals surface area contributed by atoms with Crippen LogP contribution in [0.2, 0.25) is 0 Å². The van der Waals surface area contributed by atoms with Crippen LogP contribution in [-0.4, -0.2) is 42.3 Å². The maximum absolute atomic E-state index is 12.8. The molecule has 1 saturated heterocycles. The van der Waals surface area contributed by atoms with E-state index in [1.807, 2.05) is 0 Å². The van der Waals surface area contributed by atoms with Gasteiger partial charge in [-0.2, -0.15) is 0 Å². The molecule has 20 heavy (non-hydrogen) atoms. The van der Waals surface area contributed by atoms with Crippen molar-refractivity contribution in [3.8, 4) is 0 Å². The van der Waals surface area contributed by atoms with E-state index in [1.165, 1.54) is 6.42 Å². The minimum Gasteiger partial charge on any atom is -0.379 e. The van der Waals surface area contributed by atoms with Gasteiger partial charge in [0.05, 0.1) is 24.4 Å². The first kappa shape index (κ1) is 15.8. The summed E-state index contributed by atoms with van der Waals surface area (Å²) in [6.07, 6.45) is 6.92. The van der Waals surface area contributed by atoms with Gasteiger partial charge in [0.2, 0.25) is 5.91 Å². The third-order valence-corrected chi connectivity index (χ3v) is 5.08. The zero-order valence-corrected chi connectivity index (χ0v) is 13.4. The van der Waals surface area contributed by atoms with Gasteiger partial charge < -0.3 is 9.64 Å². The fourth-order valence-corrected chi connectivity index (χ4v) is 3.71. The van der Waals surface area contributed by atoms with E-state index in [-0.39, 0.29) is 24.4 Å². The molecule has 0 spiro atoms. The minimum absolute atomic E-state index is 0.00495. The Balaban J connectivity index is 2.16. The highest BCUT2D eigenvalue weighted by Gasteiger charge is 2.46. The number of rotatable bonds is 6. The second-order valence-corrected chi connectivity index (χ2v) is 6.35. The molecule has 4 heteroatoms. The molecule has 0 aromatic rings. The Morgan fingerprint density at radius 2 is 2.15 bits per heavy atom. The lowest BCUT2D eigenvalue weighted by molar-refractivity contribution is -0.135. The van der Waals surface area contributed by atoms with E-state index in [0.717, 1.165) is 32.1 Å². The minimum atomic E-state index is -0.00495. The lowest BCUT2D eigenvalue weighted by Crippen LogP contribution is -2.48. The van der Waals surface area contributed by atoms with Crippen molar-refractivity contribution >= 4 is 5.91 Å². The average molecular weight is 282 g/mol. The van der Waals surface area contributed by atoms with Crippen molar-refractivity contribution in [1.82, 2.24) is 10.2 Å². The maximum Gasteiger partial charge on any atom is 0.241 e. The third kappa shape index (κ3) is 2.86. The number of nitrogens with one attached hydrogen (secondary N) is 1. The largest absolute Gasteiger partial charge is 0.379 e. The lowest BCUT2D eigenvalue weighted by atomic mass is 9.99. The van der Waals surface area contributed by atoms with E-state index < -0.39 is 0 Å². The smallest absolute Gasteiger partial charge is 0.241 e. The second kappa shape index (κ2) is 6.90. The van der Waals surface area contributed by atoms with Crippen molar-refractivity contribution in [3.05, 3.63) is 0 Å². The molecular weight excluding hydrogens is 252 g/mol. The molecule has 0 aromatic carbocycles. The molecule has 1 aliphatic heterocycles. The van der Waals surface area contributed by atoms with Crippen LogP contribution in [0.3, 0.4) is 0 Å². The number of ether oxygens (including phenoxy) is 1. The van der Waals surface area contributed by atoms with Crippen LogP contribution in [-0.2, 0) is 9.53 Å². The monoisotopic (exact) mass is 282 g/mol. The predicted molar refractivity (Wildman–Crippen MR) is 80.4 cm³/mol. The summed E-state index contributed by atoms with van der Waals surface area (Å²) in [6, 6.07) is 0.264. The Bertz CT molecular complexity index is 334. The molecule has 1 heterocycles. The van der Waals surface area contributed by atoms with Gasteiger partial charge in [-0.25, -0.2) is 0 Å². The highest BCUT2D eigenvalue weighted by molar-refractivity contribution is 5.85. The highest BCUT2D eigenvalue weighted by Crippen LogP contribution is 2.32. The lowest BCUT2D eigenvalue weighted by Gasteiger charge is -2.33. The first-order valence-electron chi connectivity index (χ1n) is 8.25. The molecule has 0 bridgehead atoms. The van der Waals surface area contributed by atoms with E-state index in [4.69, 9.17) is 4.74 Å². The molecule has 0 aromatic heterocycles. The summed E-state index contributed by atoms with van der Waals surface area (Å²) in [6.45, 7) is 6.51. The molecule has 5 atom stereocenters. The molecule has 0 radical (unpaired) electrons. The number of nitrogens with zero attached hydrogens (tertiary/aromatic N) is 1. The second-order valence-electron chi connectivity index (χ2n) is 6.35. The number of carbonyl (C=O) groups excluding carboxylic acids is 1. The standard InChI is InChI=1S/C16H30N2O2/c1-5-8-14-17-15(11(3)6-2)16(19)18(14)12-9-7-10-13(12)20-4/h11-15,17H,5-10H2,1-4H3. The first-order valence-corrected chi connectivity index (χ1v) is 8.25. The van der Waals surface area contributed by atoms with E-state index in [0.29, 0.717) is 11.8 Å². The number of amides is 1. The summed E-state index contributed by atoms with van der Waals surface area (Å²) >= 11 is 0. The Morgan fingerprint density at radius 1 is 1.40 bits per heavy atom. The average Bonchev–Trinajstić information content (AvgIpc) is 3.02. The fourth-order valence-electron chi connectivity index (χ4n) is 3.71. The molecule has 1 N–H and O–H groups in total. The highest BCUT2D eigenvalue weighted by atomic mass is 16.5. The molecule has 1 amide bonds. The van der Waals surface area contributed by atoms with Crippen LogP contribution in [0.1, 0.15) is 59.3 Å². The van der Waals surface area contributed by atoms with Crippen LogP contribution < -0.4 is 5.32 Å². The van der Waals surface area contributed by atoms with Crippen molar-refractivity contribution in [2.45, 2.75) is 83.6 Å². The van der Waals surface area contributed by atoms with Crippen LogP contribution in [0, 0.1) is 5.92 Å². The molecule has 2 rings (SSSR count). The molecule has 2 aliphatic rings. The van der Waals surface area contributed by atoms with E-state index in [1.54, 1.807) is 7.11 Å². The van der Waals surface area contributed by atoms with E-state index in [2.05, 4.69) is 31.0 Å². The zero-order chi connectivity index (χ0) is 14.7. The first-order chi connectivity index (χ1) is 9.63. The summed E-state index contributed by atoms with van der Waals surface area (Å²) in [7, 11) is 1.78. The number of carbonyl (C=O) groups is 1. The molecule has 1 saturated carbocycles. The Hall–Kier alpha value is -0.610. The van der Waals surface area contributed by atoms with Gasteiger partial charge in [0.25, 0.3) is 0 Å². The van der Waals surface area contributed by atoms with Gasteiger partial charge in [-0.05, 0) is 31.6 Å². The van der Waals surface area contributed by atoms with Gasteiger partial charge in [-0.3, -0.25) is 10.1 Å².